The number of nitrogens with one attached hydrogen (secondary N) is 1. The summed E-state index contributed by atoms with van der Waals surface area (Å²) < 4.78 is 2.54. The van der Waals surface area contributed by atoms with Crippen LogP contribution in [0.15, 0.2) is 40.1 Å². The molecule has 1 N–H and O–H groups in total. The number of hydrogen-bond acceptors (Lipinski definition) is 3. The van der Waals surface area contributed by atoms with E-state index in [9.17, 15) is 9.59 Å². The highest BCUT2D eigenvalue weighted by Crippen LogP contribution is 2.17. The molecule has 0 saturated heterocycles. The first-order valence-corrected chi connectivity index (χ1v) is 6.99. The van der Waals surface area contributed by atoms with Crippen LogP contribution in [0.2, 0.25) is 0 Å². The van der Waals surface area contributed by atoms with E-state index in [1.54, 1.807) is 13.2 Å². The van der Waals surface area contributed by atoms with Gasteiger partial charge in [-0.2, -0.15) is 0 Å². The first-order valence-electron chi connectivity index (χ1n) is 6.99. The van der Waals surface area contributed by atoms with Gasteiger partial charge in [0.15, 0.2) is 0 Å². The molecule has 1 aromatic heterocycles. The molecule has 0 unspecified atom stereocenters. The van der Waals surface area contributed by atoms with Crippen molar-refractivity contribution in [2.75, 3.05) is 5.32 Å². The molecular weight excluding hydrogens is 266 g/mol. The molecule has 0 spiro atoms. The van der Waals surface area contributed by atoms with Crippen LogP contribution in [-0.4, -0.2) is 9.13 Å². The Labute approximate surface area is 123 Å². The van der Waals surface area contributed by atoms with Crippen LogP contribution in [-0.2, 0) is 20.6 Å². The molecular formula is C16H21N3O2. The molecule has 2 rings (SSSR count). The van der Waals surface area contributed by atoms with E-state index in [0.717, 1.165) is 10.3 Å². The summed E-state index contributed by atoms with van der Waals surface area (Å²) in [6.07, 6.45) is 1.58. The molecule has 21 heavy (non-hydrogen) atoms. The lowest BCUT2D eigenvalue weighted by Gasteiger charge is -2.10. The third-order valence-corrected chi connectivity index (χ3v) is 3.58. The van der Waals surface area contributed by atoms with Crippen molar-refractivity contribution in [3.63, 3.8) is 0 Å². The standard InChI is InChI=1S/C16H21N3O2/c1-11(2)12-5-7-14(8-6-12)17-9-13-10-18(3)16(21)19(4)15(13)20/h5-8,10-11,17H,9H2,1-4H3. The Bertz CT molecular complexity index is 740. The van der Waals surface area contributed by atoms with E-state index in [1.165, 1.54) is 17.2 Å². The molecule has 0 aliphatic heterocycles. The third kappa shape index (κ3) is 3.24. The molecule has 0 fully saturated rings. The fraction of sp³-hybridized carbons (Fsp3) is 0.375. The molecule has 112 valence electrons. The number of nitrogens with zero attached hydrogens (tertiary/aromatic N) is 2. The molecule has 5 heteroatoms. The number of rotatable bonds is 4. The SMILES string of the molecule is CC(C)c1ccc(NCc2cn(C)c(=O)n(C)c2=O)cc1. The maximum atomic E-state index is 12.0. The largest absolute Gasteiger partial charge is 0.381 e. The molecule has 1 aromatic carbocycles. The van der Waals surface area contributed by atoms with Crippen LogP contribution < -0.4 is 16.6 Å². The fourth-order valence-corrected chi connectivity index (χ4v) is 2.19. The van der Waals surface area contributed by atoms with Gasteiger partial charge in [0.05, 0.1) is 5.56 Å². The van der Waals surface area contributed by atoms with Crippen molar-refractivity contribution in [3.8, 4) is 0 Å². The van der Waals surface area contributed by atoms with Crippen molar-refractivity contribution >= 4 is 5.69 Å². The Kier molecular flexibility index (Phi) is 4.31. The molecule has 5 nitrogen and oxygen atoms in total. The lowest BCUT2D eigenvalue weighted by molar-refractivity contribution is 0.671. The lowest BCUT2D eigenvalue weighted by Crippen LogP contribution is -2.38. The van der Waals surface area contributed by atoms with Gasteiger partial charge in [-0.05, 0) is 23.6 Å². The van der Waals surface area contributed by atoms with Gasteiger partial charge < -0.3 is 9.88 Å². The van der Waals surface area contributed by atoms with Crippen molar-refractivity contribution in [1.82, 2.24) is 9.13 Å². The van der Waals surface area contributed by atoms with Gasteiger partial charge in [0.1, 0.15) is 0 Å². The Morgan fingerprint density at radius 1 is 1.10 bits per heavy atom. The van der Waals surface area contributed by atoms with Crippen molar-refractivity contribution in [3.05, 3.63) is 62.4 Å². The van der Waals surface area contributed by atoms with E-state index in [1.807, 2.05) is 12.1 Å². The van der Waals surface area contributed by atoms with Crippen LogP contribution in [0.1, 0.15) is 30.9 Å². The van der Waals surface area contributed by atoms with E-state index in [-0.39, 0.29) is 11.2 Å². The van der Waals surface area contributed by atoms with Gasteiger partial charge in [-0.25, -0.2) is 4.79 Å². The predicted molar refractivity (Wildman–Crippen MR) is 84.8 cm³/mol. The Hall–Kier alpha value is -2.30. The second kappa shape index (κ2) is 5.99. The molecule has 0 aliphatic carbocycles. The average Bonchev–Trinajstić information content (AvgIpc) is 2.48. The monoisotopic (exact) mass is 287 g/mol. The number of anilines is 1. The van der Waals surface area contributed by atoms with Crippen LogP contribution in [0, 0.1) is 0 Å². The van der Waals surface area contributed by atoms with Crippen LogP contribution in [0.25, 0.3) is 0 Å². The quantitative estimate of drug-likeness (QED) is 0.933. The second-order valence-electron chi connectivity index (χ2n) is 5.54. The zero-order valence-electron chi connectivity index (χ0n) is 12.9. The van der Waals surface area contributed by atoms with Crippen LogP contribution in [0.3, 0.4) is 0 Å². The summed E-state index contributed by atoms with van der Waals surface area (Å²) in [5.41, 5.74) is 2.22. The van der Waals surface area contributed by atoms with Gasteiger partial charge in [0.2, 0.25) is 0 Å². The number of aromatic nitrogens is 2. The molecule has 0 atom stereocenters. The summed E-state index contributed by atoms with van der Waals surface area (Å²) in [7, 11) is 3.13. The summed E-state index contributed by atoms with van der Waals surface area (Å²) in [5, 5.41) is 3.21. The lowest BCUT2D eigenvalue weighted by atomic mass is 10.0. The number of aryl methyl sites for hydroxylation is 1. The van der Waals surface area contributed by atoms with Gasteiger partial charge in [0, 0.05) is 32.5 Å². The number of hydrogen-bond donors (Lipinski definition) is 1. The van der Waals surface area contributed by atoms with E-state index in [0.29, 0.717) is 18.0 Å². The van der Waals surface area contributed by atoms with Gasteiger partial charge in [-0.3, -0.25) is 9.36 Å². The molecule has 0 bridgehead atoms. The van der Waals surface area contributed by atoms with Gasteiger partial charge in [-0.15, -0.1) is 0 Å². The first-order chi connectivity index (χ1) is 9.90. The van der Waals surface area contributed by atoms with E-state index >= 15 is 0 Å². The summed E-state index contributed by atoms with van der Waals surface area (Å²) in [4.78, 5) is 23.6. The van der Waals surface area contributed by atoms with Crippen molar-refractivity contribution in [2.45, 2.75) is 26.3 Å². The van der Waals surface area contributed by atoms with Gasteiger partial charge >= 0.3 is 5.69 Å². The smallest absolute Gasteiger partial charge is 0.330 e. The maximum absolute atomic E-state index is 12.0. The minimum absolute atomic E-state index is 0.260. The van der Waals surface area contributed by atoms with Crippen molar-refractivity contribution in [2.24, 2.45) is 14.1 Å². The Morgan fingerprint density at radius 2 is 1.71 bits per heavy atom. The Morgan fingerprint density at radius 3 is 2.29 bits per heavy atom. The third-order valence-electron chi connectivity index (χ3n) is 3.58. The minimum atomic E-state index is -0.315. The van der Waals surface area contributed by atoms with E-state index in [2.05, 4.69) is 31.3 Å². The zero-order chi connectivity index (χ0) is 15.6. The summed E-state index contributed by atoms with van der Waals surface area (Å²) in [6.45, 7) is 4.69. The summed E-state index contributed by atoms with van der Waals surface area (Å²) in [6, 6.07) is 8.15. The predicted octanol–water partition coefficient (Wildman–Crippen LogP) is 1.82. The number of benzene rings is 1. The molecule has 0 amide bonds. The molecule has 0 radical (unpaired) electrons. The van der Waals surface area contributed by atoms with Crippen molar-refractivity contribution in [1.29, 1.82) is 0 Å². The molecule has 1 heterocycles. The normalized spacial score (nSPS) is 10.9. The van der Waals surface area contributed by atoms with Crippen molar-refractivity contribution < 1.29 is 0 Å². The topological polar surface area (TPSA) is 56.0 Å². The van der Waals surface area contributed by atoms with Gasteiger partial charge in [-0.1, -0.05) is 26.0 Å². The zero-order valence-corrected chi connectivity index (χ0v) is 12.9. The minimum Gasteiger partial charge on any atom is -0.381 e. The average molecular weight is 287 g/mol. The van der Waals surface area contributed by atoms with Gasteiger partial charge in [0.25, 0.3) is 5.56 Å². The summed E-state index contributed by atoms with van der Waals surface area (Å²) in [5.74, 6) is 0.495. The fourth-order valence-electron chi connectivity index (χ4n) is 2.19. The highest BCUT2D eigenvalue weighted by Gasteiger charge is 2.06. The first kappa shape index (κ1) is 15.1. The van der Waals surface area contributed by atoms with Crippen LogP contribution in [0.5, 0.6) is 0 Å². The highest BCUT2D eigenvalue weighted by molar-refractivity contribution is 5.45. The van der Waals surface area contributed by atoms with Crippen LogP contribution >= 0.6 is 0 Å². The van der Waals surface area contributed by atoms with Crippen LogP contribution in [0.4, 0.5) is 5.69 Å². The second-order valence-corrected chi connectivity index (χ2v) is 5.54. The molecule has 0 saturated carbocycles. The molecule has 0 aliphatic rings. The summed E-state index contributed by atoms with van der Waals surface area (Å²) >= 11 is 0. The highest BCUT2D eigenvalue weighted by atomic mass is 16.2. The maximum Gasteiger partial charge on any atom is 0.330 e. The Balaban J connectivity index is 2.17. The van der Waals surface area contributed by atoms with E-state index in [4.69, 9.17) is 0 Å². The van der Waals surface area contributed by atoms with E-state index < -0.39 is 0 Å². The molecule has 2 aromatic rings.